The van der Waals surface area contributed by atoms with Crippen LogP contribution in [0.5, 0.6) is 0 Å². The number of rotatable bonds is 3. The van der Waals surface area contributed by atoms with Crippen LogP contribution in [-0.4, -0.2) is 10.9 Å². The Hall–Kier alpha value is -1.88. The summed E-state index contributed by atoms with van der Waals surface area (Å²) in [6.45, 7) is 0. The number of carbonyl (C=O) groups excluding carboxylic acids is 1. The monoisotopic (exact) mass is 301 g/mol. The molecule has 0 saturated heterocycles. The third-order valence-corrected chi connectivity index (χ3v) is 4.60. The van der Waals surface area contributed by atoms with Gasteiger partial charge in [-0.2, -0.15) is 0 Å². The molecule has 1 aliphatic carbocycles. The number of hydrogen-bond acceptors (Lipinski definition) is 4. The predicted molar refractivity (Wildman–Crippen MR) is 87.2 cm³/mol. The van der Waals surface area contributed by atoms with Crippen LogP contribution in [-0.2, 0) is 4.79 Å². The summed E-state index contributed by atoms with van der Waals surface area (Å²) in [5.41, 5.74) is 8.33. The van der Waals surface area contributed by atoms with Crippen LogP contribution >= 0.6 is 11.3 Å². The van der Waals surface area contributed by atoms with E-state index in [1.165, 1.54) is 17.8 Å². The van der Waals surface area contributed by atoms with Crippen molar-refractivity contribution >= 4 is 28.1 Å². The van der Waals surface area contributed by atoms with Crippen LogP contribution in [0.3, 0.4) is 0 Å². The zero-order chi connectivity index (χ0) is 14.7. The number of nitrogens with two attached hydrogens (primary N) is 1. The fourth-order valence-corrected chi connectivity index (χ4v) is 3.36. The second-order valence-corrected chi connectivity index (χ2v) is 6.37. The largest absolute Gasteiger partial charge is 0.375 e. The van der Waals surface area contributed by atoms with Gasteiger partial charge in [0.1, 0.15) is 0 Å². The van der Waals surface area contributed by atoms with Crippen LogP contribution in [0.4, 0.5) is 10.8 Å². The van der Waals surface area contributed by atoms with Crippen molar-refractivity contribution in [3.05, 3.63) is 29.6 Å². The summed E-state index contributed by atoms with van der Waals surface area (Å²) in [4.78, 5) is 16.5. The summed E-state index contributed by atoms with van der Waals surface area (Å²) in [5.74, 6) is 0.307. The first-order valence-electron chi connectivity index (χ1n) is 7.35. The second-order valence-electron chi connectivity index (χ2n) is 5.48. The van der Waals surface area contributed by atoms with Crippen LogP contribution in [0.2, 0.25) is 0 Å². The molecule has 1 aromatic heterocycles. The molecule has 0 atom stereocenters. The molecule has 2 aromatic rings. The highest BCUT2D eigenvalue weighted by Gasteiger charge is 2.21. The lowest BCUT2D eigenvalue weighted by Gasteiger charge is -2.20. The number of nitrogen functional groups attached to an aromatic ring is 1. The number of thiazole rings is 1. The molecule has 21 heavy (non-hydrogen) atoms. The number of hydrogen-bond donors (Lipinski definition) is 2. The molecule has 110 valence electrons. The Morgan fingerprint density at radius 1 is 1.29 bits per heavy atom. The van der Waals surface area contributed by atoms with E-state index < -0.39 is 0 Å². The van der Waals surface area contributed by atoms with Crippen LogP contribution < -0.4 is 11.1 Å². The van der Waals surface area contributed by atoms with Crippen molar-refractivity contribution in [1.82, 2.24) is 4.98 Å². The van der Waals surface area contributed by atoms with Crippen molar-refractivity contribution in [1.29, 1.82) is 0 Å². The quantitative estimate of drug-likeness (QED) is 0.903. The maximum atomic E-state index is 12.3. The average molecular weight is 301 g/mol. The van der Waals surface area contributed by atoms with Gasteiger partial charge in [-0.05, 0) is 25.0 Å². The molecule has 5 heteroatoms. The highest BCUT2D eigenvalue weighted by atomic mass is 32.1. The van der Waals surface area contributed by atoms with Crippen molar-refractivity contribution in [3.8, 4) is 11.3 Å². The van der Waals surface area contributed by atoms with E-state index in [0.717, 1.165) is 42.6 Å². The molecule has 0 aliphatic heterocycles. The number of nitrogens with zero attached hydrogens (tertiary/aromatic N) is 1. The van der Waals surface area contributed by atoms with Crippen molar-refractivity contribution < 1.29 is 4.79 Å². The minimum Gasteiger partial charge on any atom is -0.375 e. The molecular weight excluding hydrogens is 282 g/mol. The Morgan fingerprint density at radius 3 is 2.81 bits per heavy atom. The van der Waals surface area contributed by atoms with E-state index >= 15 is 0 Å². The van der Waals surface area contributed by atoms with Crippen LogP contribution in [0.1, 0.15) is 32.1 Å². The Labute approximate surface area is 128 Å². The summed E-state index contributed by atoms with van der Waals surface area (Å²) in [5, 5.41) is 5.52. The molecule has 1 aromatic carbocycles. The molecule has 1 amide bonds. The number of nitrogens with one attached hydrogen (secondary N) is 1. The topological polar surface area (TPSA) is 68.0 Å². The number of carbonyl (C=O) groups is 1. The van der Waals surface area contributed by atoms with Crippen molar-refractivity contribution in [2.75, 3.05) is 11.1 Å². The van der Waals surface area contributed by atoms with Crippen molar-refractivity contribution in [2.45, 2.75) is 32.1 Å². The Balaban J connectivity index is 1.72. The van der Waals surface area contributed by atoms with E-state index in [2.05, 4.69) is 10.3 Å². The maximum Gasteiger partial charge on any atom is 0.227 e. The average Bonchev–Trinajstić information content (AvgIpc) is 2.95. The normalized spacial score (nSPS) is 15.8. The Bertz CT molecular complexity index is 632. The molecule has 0 radical (unpaired) electrons. The predicted octanol–water partition coefficient (Wildman–Crippen LogP) is 3.91. The van der Waals surface area contributed by atoms with Crippen LogP contribution in [0.15, 0.2) is 29.6 Å². The molecular formula is C16H19N3OS. The van der Waals surface area contributed by atoms with Gasteiger partial charge in [-0.15, -0.1) is 11.3 Å². The molecule has 1 aliphatic rings. The van der Waals surface area contributed by atoms with Gasteiger partial charge < -0.3 is 11.1 Å². The van der Waals surface area contributed by atoms with E-state index in [1.54, 1.807) is 0 Å². The van der Waals surface area contributed by atoms with Gasteiger partial charge in [0, 0.05) is 22.5 Å². The van der Waals surface area contributed by atoms with Gasteiger partial charge in [0.25, 0.3) is 0 Å². The summed E-state index contributed by atoms with van der Waals surface area (Å²) < 4.78 is 0. The summed E-state index contributed by atoms with van der Waals surface area (Å²) in [6.07, 6.45) is 5.60. The SMILES string of the molecule is Nc1nc(-c2cccc(NC(=O)C3CCCCC3)c2)cs1. The van der Waals surface area contributed by atoms with Gasteiger partial charge in [-0.25, -0.2) is 4.98 Å². The fourth-order valence-electron chi connectivity index (χ4n) is 2.79. The zero-order valence-corrected chi connectivity index (χ0v) is 12.7. The zero-order valence-electron chi connectivity index (χ0n) is 11.8. The Morgan fingerprint density at radius 2 is 2.10 bits per heavy atom. The lowest BCUT2D eigenvalue weighted by atomic mass is 9.88. The number of amides is 1. The molecule has 3 rings (SSSR count). The smallest absolute Gasteiger partial charge is 0.227 e. The van der Waals surface area contributed by atoms with Gasteiger partial charge in [0.05, 0.1) is 5.69 Å². The molecule has 0 unspecified atom stereocenters. The summed E-state index contributed by atoms with van der Waals surface area (Å²) >= 11 is 1.42. The first-order chi connectivity index (χ1) is 10.2. The standard InChI is InChI=1S/C16H19N3OS/c17-16-19-14(10-21-16)12-7-4-8-13(9-12)18-15(20)11-5-2-1-3-6-11/h4,7-11H,1-3,5-6H2,(H2,17,19)(H,18,20). The highest BCUT2D eigenvalue weighted by molar-refractivity contribution is 7.13. The molecule has 0 spiro atoms. The van der Waals surface area contributed by atoms with Gasteiger partial charge in [0.2, 0.25) is 5.91 Å². The van der Waals surface area contributed by atoms with Gasteiger partial charge >= 0.3 is 0 Å². The lowest BCUT2D eigenvalue weighted by molar-refractivity contribution is -0.120. The van der Waals surface area contributed by atoms with E-state index in [-0.39, 0.29) is 11.8 Å². The maximum absolute atomic E-state index is 12.3. The van der Waals surface area contributed by atoms with Crippen LogP contribution in [0, 0.1) is 5.92 Å². The third kappa shape index (κ3) is 3.42. The van der Waals surface area contributed by atoms with Crippen molar-refractivity contribution in [3.63, 3.8) is 0 Å². The third-order valence-electron chi connectivity index (χ3n) is 3.92. The molecule has 3 N–H and O–H groups in total. The van der Waals surface area contributed by atoms with E-state index in [1.807, 2.05) is 29.6 Å². The molecule has 1 fully saturated rings. The molecule has 4 nitrogen and oxygen atoms in total. The second kappa shape index (κ2) is 6.26. The van der Waals surface area contributed by atoms with Crippen molar-refractivity contribution in [2.24, 2.45) is 5.92 Å². The van der Waals surface area contributed by atoms with Gasteiger partial charge in [-0.3, -0.25) is 4.79 Å². The van der Waals surface area contributed by atoms with E-state index in [4.69, 9.17) is 5.73 Å². The minimum absolute atomic E-state index is 0.143. The molecule has 1 heterocycles. The van der Waals surface area contributed by atoms with E-state index in [0.29, 0.717) is 5.13 Å². The number of aromatic nitrogens is 1. The first kappa shape index (κ1) is 14.1. The number of anilines is 2. The molecule has 0 bridgehead atoms. The van der Waals surface area contributed by atoms with Crippen LogP contribution in [0.25, 0.3) is 11.3 Å². The van der Waals surface area contributed by atoms with Gasteiger partial charge in [0.15, 0.2) is 5.13 Å². The lowest BCUT2D eigenvalue weighted by Crippen LogP contribution is -2.24. The summed E-state index contributed by atoms with van der Waals surface area (Å²) in [6, 6.07) is 7.78. The fraction of sp³-hybridized carbons (Fsp3) is 0.375. The Kier molecular flexibility index (Phi) is 4.20. The highest BCUT2D eigenvalue weighted by Crippen LogP contribution is 2.27. The summed E-state index contributed by atoms with van der Waals surface area (Å²) in [7, 11) is 0. The molecule has 1 saturated carbocycles. The van der Waals surface area contributed by atoms with Gasteiger partial charge in [-0.1, -0.05) is 31.4 Å². The minimum atomic E-state index is 0.143. The van der Waals surface area contributed by atoms with E-state index in [9.17, 15) is 4.79 Å². The number of benzene rings is 1. The first-order valence-corrected chi connectivity index (χ1v) is 8.22.